The van der Waals surface area contributed by atoms with Crippen molar-refractivity contribution < 1.29 is 9.59 Å². The average Bonchev–Trinajstić information content (AvgIpc) is 3.00. The van der Waals surface area contributed by atoms with Gasteiger partial charge in [0.2, 0.25) is 11.8 Å². The Hall–Kier alpha value is -1.84. The fourth-order valence-electron chi connectivity index (χ4n) is 3.25. The van der Waals surface area contributed by atoms with Crippen LogP contribution in [0.25, 0.3) is 0 Å². The van der Waals surface area contributed by atoms with E-state index in [1.54, 1.807) is 9.80 Å². The third-order valence-electron chi connectivity index (χ3n) is 4.48. The Morgan fingerprint density at radius 1 is 1.19 bits per heavy atom. The van der Waals surface area contributed by atoms with Crippen LogP contribution in [-0.2, 0) is 16.0 Å². The van der Waals surface area contributed by atoms with E-state index in [-0.39, 0.29) is 24.4 Å². The fraction of sp³-hybridized carbons (Fsp3) is 0.529. The summed E-state index contributed by atoms with van der Waals surface area (Å²) in [4.78, 5) is 28.1. The minimum Gasteiger partial charge on any atom is -0.329 e. The molecule has 21 heavy (non-hydrogen) atoms. The van der Waals surface area contributed by atoms with E-state index in [0.29, 0.717) is 0 Å². The second-order valence-corrected chi connectivity index (χ2v) is 5.94. The van der Waals surface area contributed by atoms with Crippen molar-refractivity contribution in [1.82, 2.24) is 4.90 Å². The highest BCUT2D eigenvalue weighted by atomic mass is 16.2. The van der Waals surface area contributed by atoms with Gasteiger partial charge in [0.25, 0.3) is 0 Å². The molecule has 0 radical (unpaired) electrons. The van der Waals surface area contributed by atoms with Crippen molar-refractivity contribution in [3.05, 3.63) is 29.8 Å². The molecule has 2 heterocycles. The van der Waals surface area contributed by atoms with E-state index in [1.807, 2.05) is 12.1 Å². The lowest BCUT2D eigenvalue weighted by Crippen LogP contribution is -2.57. The number of carbonyl (C=O) groups is 2. The number of unbranched alkanes of at least 4 members (excludes halogenated alkanes) is 1. The van der Waals surface area contributed by atoms with Crippen molar-refractivity contribution in [2.45, 2.75) is 45.1 Å². The SMILES string of the molecule is CCCCc1ccc(N2CC(=O)N3CCCC3C2=O)cc1. The van der Waals surface area contributed by atoms with E-state index in [2.05, 4.69) is 19.1 Å². The van der Waals surface area contributed by atoms with Crippen LogP contribution in [0.3, 0.4) is 0 Å². The summed E-state index contributed by atoms with van der Waals surface area (Å²) in [6.07, 6.45) is 5.16. The number of benzene rings is 1. The van der Waals surface area contributed by atoms with Gasteiger partial charge >= 0.3 is 0 Å². The van der Waals surface area contributed by atoms with Crippen LogP contribution in [0.1, 0.15) is 38.2 Å². The lowest BCUT2D eigenvalue weighted by atomic mass is 10.1. The number of rotatable bonds is 4. The maximum absolute atomic E-state index is 12.5. The van der Waals surface area contributed by atoms with E-state index in [0.717, 1.165) is 31.5 Å². The van der Waals surface area contributed by atoms with E-state index in [9.17, 15) is 9.59 Å². The molecule has 1 atom stereocenters. The number of carbonyl (C=O) groups excluding carboxylic acids is 2. The van der Waals surface area contributed by atoms with Crippen molar-refractivity contribution in [3.63, 3.8) is 0 Å². The first kappa shape index (κ1) is 14.1. The number of amides is 2. The topological polar surface area (TPSA) is 40.6 Å². The number of hydrogen-bond donors (Lipinski definition) is 0. The Balaban J connectivity index is 1.76. The molecule has 2 aliphatic heterocycles. The van der Waals surface area contributed by atoms with Gasteiger partial charge < -0.3 is 9.80 Å². The van der Waals surface area contributed by atoms with Crippen molar-refractivity contribution in [2.75, 3.05) is 18.0 Å². The van der Waals surface area contributed by atoms with Crippen molar-refractivity contribution >= 4 is 17.5 Å². The molecule has 2 saturated heterocycles. The number of anilines is 1. The highest BCUT2D eigenvalue weighted by molar-refractivity contribution is 6.06. The Kier molecular flexibility index (Phi) is 3.95. The molecule has 4 heteroatoms. The summed E-state index contributed by atoms with van der Waals surface area (Å²) < 4.78 is 0. The average molecular weight is 286 g/mol. The van der Waals surface area contributed by atoms with Crippen LogP contribution in [0.5, 0.6) is 0 Å². The highest BCUT2D eigenvalue weighted by Crippen LogP contribution is 2.27. The molecule has 2 amide bonds. The summed E-state index contributed by atoms with van der Waals surface area (Å²) in [7, 11) is 0. The largest absolute Gasteiger partial charge is 0.329 e. The van der Waals surface area contributed by atoms with Crippen molar-refractivity contribution in [1.29, 1.82) is 0 Å². The Labute approximate surface area is 125 Å². The molecule has 0 spiro atoms. The van der Waals surface area contributed by atoms with E-state index in [1.165, 1.54) is 18.4 Å². The van der Waals surface area contributed by atoms with Gasteiger partial charge in [-0.3, -0.25) is 9.59 Å². The number of nitrogens with zero attached hydrogens (tertiary/aromatic N) is 2. The lowest BCUT2D eigenvalue weighted by molar-refractivity contribution is -0.140. The normalized spacial score (nSPS) is 21.9. The Bertz CT molecular complexity index is 538. The Morgan fingerprint density at radius 3 is 2.67 bits per heavy atom. The van der Waals surface area contributed by atoms with Crippen LogP contribution in [0.4, 0.5) is 5.69 Å². The molecule has 0 aromatic heterocycles. The van der Waals surface area contributed by atoms with Gasteiger partial charge in [-0.1, -0.05) is 25.5 Å². The molecule has 0 bridgehead atoms. The molecule has 2 aliphatic rings. The first-order valence-electron chi connectivity index (χ1n) is 7.90. The van der Waals surface area contributed by atoms with E-state index < -0.39 is 0 Å². The molecule has 2 fully saturated rings. The van der Waals surface area contributed by atoms with Crippen LogP contribution in [-0.4, -0.2) is 35.8 Å². The number of hydrogen-bond acceptors (Lipinski definition) is 2. The predicted molar refractivity (Wildman–Crippen MR) is 82.1 cm³/mol. The molecule has 3 rings (SSSR count). The molecule has 0 N–H and O–H groups in total. The maximum atomic E-state index is 12.5. The van der Waals surface area contributed by atoms with Gasteiger partial charge in [-0.2, -0.15) is 0 Å². The molecule has 0 aliphatic carbocycles. The first-order valence-corrected chi connectivity index (χ1v) is 7.90. The molecule has 0 saturated carbocycles. The van der Waals surface area contributed by atoms with E-state index >= 15 is 0 Å². The Morgan fingerprint density at radius 2 is 1.95 bits per heavy atom. The zero-order valence-electron chi connectivity index (χ0n) is 12.5. The first-order chi connectivity index (χ1) is 10.2. The summed E-state index contributed by atoms with van der Waals surface area (Å²) in [6, 6.07) is 7.86. The highest BCUT2D eigenvalue weighted by Gasteiger charge is 2.42. The van der Waals surface area contributed by atoms with Crippen LogP contribution in [0.15, 0.2) is 24.3 Å². The zero-order chi connectivity index (χ0) is 14.8. The second-order valence-electron chi connectivity index (χ2n) is 5.94. The van der Waals surface area contributed by atoms with Gasteiger partial charge in [0.1, 0.15) is 12.6 Å². The number of piperazine rings is 1. The minimum absolute atomic E-state index is 0.0761. The van der Waals surface area contributed by atoms with Crippen LogP contribution >= 0.6 is 0 Å². The molecular weight excluding hydrogens is 264 g/mol. The third kappa shape index (κ3) is 2.67. The molecular formula is C17H22N2O2. The maximum Gasteiger partial charge on any atom is 0.250 e. The summed E-state index contributed by atoms with van der Waals surface area (Å²) in [5.41, 5.74) is 2.14. The molecule has 4 nitrogen and oxygen atoms in total. The smallest absolute Gasteiger partial charge is 0.250 e. The summed E-state index contributed by atoms with van der Waals surface area (Å²) in [5, 5.41) is 0. The minimum atomic E-state index is -0.231. The van der Waals surface area contributed by atoms with Crippen LogP contribution in [0, 0.1) is 0 Å². The standard InChI is InChI=1S/C17H22N2O2/c1-2-3-5-13-7-9-14(10-8-13)19-12-16(20)18-11-4-6-15(18)17(19)21/h7-10,15H,2-6,11-12H2,1H3. The monoisotopic (exact) mass is 286 g/mol. The van der Waals surface area contributed by atoms with Crippen molar-refractivity contribution in [2.24, 2.45) is 0 Å². The second kappa shape index (κ2) is 5.88. The van der Waals surface area contributed by atoms with Gasteiger partial charge in [0.05, 0.1) is 0 Å². The van der Waals surface area contributed by atoms with Gasteiger partial charge in [-0.25, -0.2) is 0 Å². The summed E-state index contributed by atoms with van der Waals surface area (Å²) >= 11 is 0. The van der Waals surface area contributed by atoms with Gasteiger partial charge in [0, 0.05) is 12.2 Å². The van der Waals surface area contributed by atoms with Crippen molar-refractivity contribution in [3.8, 4) is 0 Å². The van der Waals surface area contributed by atoms with Crippen LogP contribution in [0.2, 0.25) is 0 Å². The van der Waals surface area contributed by atoms with Crippen LogP contribution < -0.4 is 4.90 Å². The fourth-order valence-corrected chi connectivity index (χ4v) is 3.25. The zero-order valence-corrected chi connectivity index (χ0v) is 12.5. The van der Waals surface area contributed by atoms with Gasteiger partial charge in [-0.15, -0.1) is 0 Å². The molecule has 1 unspecified atom stereocenters. The number of aryl methyl sites for hydroxylation is 1. The van der Waals surface area contributed by atoms with Gasteiger partial charge in [-0.05, 0) is 43.4 Å². The quantitative estimate of drug-likeness (QED) is 0.852. The van der Waals surface area contributed by atoms with Gasteiger partial charge in [0.15, 0.2) is 0 Å². The third-order valence-corrected chi connectivity index (χ3v) is 4.48. The molecule has 1 aromatic carbocycles. The lowest BCUT2D eigenvalue weighted by Gasteiger charge is -2.36. The number of fused-ring (bicyclic) bond motifs is 1. The summed E-state index contributed by atoms with van der Waals surface area (Å²) in [5.74, 6) is 0.153. The molecule has 1 aromatic rings. The molecule has 112 valence electrons. The summed E-state index contributed by atoms with van der Waals surface area (Å²) in [6.45, 7) is 3.10. The predicted octanol–water partition coefficient (Wildman–Crippen LogP) is 2.37. The van der Waals surface area contributed by atoms with E-state index in [4.69, 9.17) is 0 Å².